The van der Waals surface area contributed by atoms with Crippen LogP contribution in [0.5, 0.6) is 0 Å². The second kappa shape index (κ2) is 6.85. The van der Waals surface area contributed by atoms with Crippen molar-refractivity contribution in [3.63, 3.8) is 0 Å². The Kier molecular flexibility index (Phi) is 4.81. The van der Waals surface area contributed by atoms with Crippen LogP contribution in [-0.2, 0) is 9.59 Å². The van der Waals surface area contributed by atoms with E-state index in [9.17, 15) is 9.59 Å². The molecule has 1 amide bonds. The minimum atomic E-state index is -0.929. The van der Waals surface area contributed by atoms with E-state index in [4.69, 9.17) is 16.7 Å². The fraction of sp³-hybridized carbons (Fsp3) is 0.444. The number of nitrogens with zero attached hydrogens (tertiary/aromatic N) is 2. The number of carboxylic acids is 1. The number of carbonyl (C=O) groups is 2. The first-order chi connectivity index (χ1) is 11.5. The fourth-order valence-corrected chi connectivity index (χ4v) is 3.50. The smallest absolute Gasteiger partial charge is 0.311 e. The van der Waals surface area contributed by atoms with Crippen molar-refractivity contribution in [2.45, 2.75) is 13.3 Å². The maximum atomic E-state index is 12.6. The van der Waals surface area contributed by atoms with Crippen molar-refractivity contribution in [3.05, 3.63) is 40.9 Å². The molecule has 0 spiro atoms. The van der Waals surface area contributed by atoms with Gasteiger partial charge in [0.25, 0.3) is 0 Å². The van der Waals surface area contributed by atoms with Gasteiger partial charge >= 0.3 is 5.97 Å². The van der Waals surface area contributed by atoms with Crippen LogP contribution in [0.3, 0.4) is 0 Å². The third-order valence-electron chi connectivity index (χ3n) is 4.87. The van der Waals surface area contributed by atoms with Gasteiger partial charge in [-0.1, -0.05) is 29.8 Å². The number of anilines is 1. The molecule has 0 aromatic heterocycles. The molecule has 1 aromatic carbocycles. The molecule has 0 bridgehead atoms. The maximum absolute atomic E-state index is 12.6. The van der Waals surface area contributed by atoms with Gasteiger partial charge in [0.2, 0.25) is 5.91 Å². The molecule has 5 nitrogen and oxygen atoms in total. The van der Waals surface area contributed by atoms with Crippen LogP contribution < -0.4 is 4.90 Å². The number of aliphatic carboxylic acids is 1. The molecule has 1 heterocycles. The van der Waals surface area contributed by atoms with Crippen LogP contribution in [0.25, 0.3) is 0 Å². The lowest BCUT2D eigenvalue weighted by Crippen LogP contribution is -2.44. The summed E-state index contributed by atoms with van der Waals surface area (Å²) in [4.78, 5) is 27.7. The van der Waals surface area contributed by atoms with Crippen LogP contribution in [0.2, 0.25) is 5.02 Å². The third kappa shape index (κ3) is 3.13. The van der Waals surface area contributed by atoms with Crippen LogP contribution >= 0.6 is 11.6 Å². The highest BCUT2D eigenvalue weighted by Gasteiger charge is 2.38. The van der Waals surface area contributed by atoms with Gasteiger partial charge in [0.1, 0.15) is 0 Å². The molecule has 1 aliphatic heterocycles. The third-order valence-corrected chi connectivity index (χ3v) is 5.28. The van der Waals surface area contributed by atoms with Gasteiger partial charge in [0.15, 0.2) is 0 Å². The van der Waals surface area contributed by atoms with E-state index in [0.717, 1.165) is 35.8 Å². The monoisotopic (exact) mass is 348 g/mol. The number of carboxylic acid groups (broad SMARTS) is 1. The summed E-state index contributed by atoms with van der Waals surface area (Å²) < 4.78 is 0. The molecule has 3 rings (SSSR count). The van der Waals surface area contributed by atoms with Crippen molar-refractivity contribution >= 4 is 29.2 Å². The van der Waals surface area contributed by atoms with Crippen LogP contribution in [0.4, 0.5) is 5.69 Å². The second-order valence-corrected chi connectivity index (χ2v) is 6.73. The van der Waals surface area contributed by atoms with Gasteiger partial charge in [0, 0.05) is 36.9 Å². The van der Waals surface area contributed by atoms with E-state index >= 15 is 0 Å². The quantitative estimate of drug-likeness (QED) is 0.853. The molecular formula is C18H21ClN2O3. The first-order valence-corrected chi connectivity index (χ1v) is 8.57. The van der Waals surface area contributed by atoms with Crippen LogP contribution in [0.1, 0.15) is 12.0 Å². The van der Waals surface area contributed by atoms with Crippen LogP contribution in [-0.4, -0.2) is 48.1 Å². The minimum Gasteiger partial charge on any atom is -0.481 e. The van der Waals surface area contributed by atoms with E-state index in [1.54, 1.807) is 17.1 Å². The number of hydrogen-bond donors (Lipinski definition) is 1. The van der Waals surface area contributed by atoms with E-state index in [-0.39, 0.29) is 5.91 Å². The Bertz CT molecular complexity index is 689. The first kappa shape index (κ1) is 16.8. The summed E-state index contributed by atoms with van der Waals surface area (Å²) in [6.07, 6.45) is 4.14. The summed E-state index contributed by atoms with van der Waals surface area (Å²) >= 11 is 6.21. The number of benzene rings is 1. The first-order valence-electron chi connectivity index (χ1n) is 8.19. The Hall–Kier alpha value is -2.01. The summed E-state index contributed by atoms with van der Waals surface area (Å²) in [5.41, 5.74) is 2.15. The van der Waals surface area contributed by atoms with Crippen LogP contribution in [0, 0.1) is 18.8 Å². The lowest BCUT2D eigenvalue weighted by atomic mass is 9.81. The maximum Gasteiger partial charge on any atom is 0.311 e. The Morgan fingerprint density at radius 3 is 2.54 bits per heavy atom. The molecular weight excluding hydrogens is 328 g/mol. The van der Waals surface area contributed by atoms with Crippen molar-refractivity contribution in [2.24, 2.45) is 11.8 Å². The number of amides is 1. The lowest BCUT2D eigenvalue weighted by molar-refractivity contribution is -0.148. The second-order valence-electron chi connectivity index (χ2n) is 6.32. The summed E-state index contributed by atoms with van der Waals surface area (Å²) in [5.74, 6) is -2.19. The zero-order chi connectivity index (χ0) is 17.3. The highest BCUT2D eigenvalue weighted by molar-refractivity contribution is 6.31. The predicted octanol–water partition coefficient (Wildman–Crippen LogP) is 2.57. The lowest BCUT2D eigenvalue weighted by Gasteiger charge is -2.31. The molecule has 0 saturated carbocycles. The minimum absolute atomic E-state index is 0.0745. The SMILES string of the molecule is Cc1c(Cl)cccc1N1CCCN(C(=O)[C@@H]2C=C[C@@H]2C(=O)O)CC1. The topological polar surface area (TPSA) is 60.9 Å². The van der Waals surface area contributed by atoms with Crippen molar-refractivity contribution in [3.8, 4) is 0 Å². The largest absolute Gasteiger partial charge is 0.481 e. The summed E-state index contributed by atoms with van der Waals surface area (Å²) in [6.45, 7) is 4.84. The normalized spacial score (nSPS) is 23.6. The molecule has 128 valence electrons. The molecule has 0 unspecified atom stereocenters. The van der Waals surface area contributed by atoms with E-state index in [1.807, 2.05) is 25.1 Å². The van der Waals surface area contributed by atoms with Gasteiger partial charge in [-0.2, -0.15) is 0 Å². The summed E-state index contributed by atoms with van der Waals surface area (Å²) in [5, 5.41) is 9.86. The highest BCUT2D eigenvalue weighted by Crippen LogP contribution is 2.30. The fourth-order valence-electron chi connectivity index (χ4n) is 3.33. The van der Waals surface area contributed by atoms with E-state index in [0.29, 0.717) is 13.1 Å². The van der Waals surface area contributed by atoms with E-state index < -0.39 is 17.8 Å². The van der Waals surface area contributed by atoms with E-state index in [2.05, 4.69) is 4.90 Å². The van der Waals surface area contributed by atoms with Crippen LogP contribution in [0.15, 0.2) is 30.4 Å². The number of hydrogen-bond acceptors (Lipinski definition) is 3. The van der Waals surface area contributed by atoms with Gasteiger partial charge < -0.3 is 14.9 Å². The molecule has 2 aliphatic rings. The number of halogens is 1. The van der Waals surface area contributed by atoms with Crippen molar-refractivity contribution < 1.29 is 14.7 Å². The molecule has 1 saturated heterocycles. The summed E-state index contributed by atoms with van der Waals surface area (Å²) in [6, 6.07) is 5.87. The standard InChI is InChI=1S/C18H21ClN2O3/c1-12-15(19)4-2-5-16(12)20-8-3-9-21(11-10-20)17(22)13-6-7-14(13)18(23)24/h2,4-7,13-14H,3,8-11H2,1H3,(H,23,24)/t13-,14+/m1/s1. The van der Waals surface area contributed by atoms with Crippen molar-refractivity contribution in [1.82, 2.24) is 4.90 Å². The van der Waals surface area contributed by atoms with E-state index in [1.165, 1.54) is 0 Å². The predicted molar refractivity (Wildman–Crippen MR) is 93.4 cm³/mol. The van der Waals surface area contributed by atoms with Gasteiger partial charge in [-0.15, -0.1) is 0 Å². The highest BCUT2D eigenvalue weighted by atomic mass is 35.5. The Balaban J connectivity index is 1.67. The molecule has 0 radical (unpaired) electrons. The Labute approximate surface area is 146 Å². The molecule has 1 N–H and O–H groups in total. The van der Waals surface area contributed by atoms with Gasteiger partial charge in [-0.05, 0) is 31.0 Å². The number of rotatable bonds is 3. The van der Waals surface area contributed by atoms with Gasteiger partial charge in [0.05, 0.1) is 11.8 Å². The molecule has 1 aromatic rings. The zero-order valence-corrected chi connectivity index (χ0v) is 14.4. The molecule has 6 heteroatoms. The van der Waals surface area contributed by atoms with Gasteiger partial charge in [-0.3, -0.25) is 9.59 Å². The summed E-state index contributed by atoms with van der Waals surface area (Å²) in [7, 11) is 0. The average molecular weight is 349 g/mol. The molecule has 24 heavy (non-hydrogen) atoms. The Morgan fingerprint density at radius 2 is 1.88 bits per heavy atom. The molecule has 2 atom stereocenters. The van der Waals surface area contributed by atoms with Gasteiger partial charge in [-0.25, -0.2) is 0 Å². The molecule has 1 fully saturated rings. The zero-order valence-electron chi connectivity index (χ0n) is 13.6. The number of carbonyl (C=O) groups excluding carboxylic acids is 1. The average Bonchev–Trinajstić information content (AvgIpc) is 2.74. The Morgan fingerprint density at radius 1 is 1.12 bits per heavy atom. The van der Waals surface area contributed by atoms with Crippen molar-refractivity contribution in [2.75, 3.05) is 31.1 Å². The van der Waals surface area contributed by atoms with Crippen molar-refractivity contribution in [1.29, 1.82) is 0 Å². The molecule has 1 aliphatic carbocycles.